The molecule has 112 valence electrons. The topological polar surface area (TPSA) is 79.3 Å². The summed E-state index contributed by atoms with van der Waals surface area (Å²) in [6.07, 6.45) is 1.63. The summed E-state index contributed by atoms with van der Waals surface area (Å²) in [6, 6.07) is 8.30. The summed E-state index contributed by atoms with van der Waals surface area (Å²) in [7, 11) is -3.65. The zero-order chi connectivity index (χ0) is 15.5. The first-order chi connectivity index (χ1) is 9.94. The van der Waals surface area contributed by atoms with Crippen molar-refractivity contribution in [3.8, 4) is 0 Å². The van der Waals surface area contributed by atoms with Crippen LogP contribution in [-0.4, -0.2) is 18.5 Å². The number of hydrogen-bond acceptors (Lipinski definition) is 4. The molecule has 2 rings (SSSR count). The van der Waals surface area contributed by atoms with Gasteiger partial charge in [0.05, 0.1) is 23.7 Å². The van der Waals surface area contributed by atoms with Gasteiger partial charge >= 0.3 is 0 Å². The van der Waals surface area contributed by atoms with Crippen LogP contribution in [0.1, 0.15) is 16.8 Å². The van der Waals surface area contributed by atoms with E-state index in [4.69, 9.17) is 5.11 Å². The van der Waals surface area contributed by atoms with Crippen molar-refractivity contribution >= 4 is 26.0 Å². The first-order valence-electron chi connectivity index (χ1n) is 6.23. The van der Waals surface area contributed by atoms with Gasteiger partial charge in [-0.3, -0.25) is 4.98 Å². The highest BCUT2D eigenvalue weighted by Crippen LogP contribution is 2.23. The number of nitrogens with zero attached hydrogens (tertiary/aromatic N) is 1. The Morgan fingerprint density at radius 1 is 1.33 bits per heavy atom. The molecule has 1 heterocycles. The maximum Gasteiger partial charge on any atom is 0.242 e. The molecule has 0 spiro atoms. The van der Waals surface area contributed by atoms with Gasteiger partial charge in [0, 0.05) is 10.7 Å². The lowest BCUT2D eigenvalue weighted by molar-refractivity contribution is 0.281. The predicted octanol–water partition coefficient (Wildman–Crippen LogP) is 2.12. The van der Waals surface area contributed by atoms with E-state index in [1.807, 2.05) is 13.0 Å². The van der Waals surface area contributed by atoms with Crippen LogP contribution in [0.3, 0.4) is 0 Å². The van der Waals surface area contributed by atoms with Crippen molar-refractivity contribution in [2.75, 3.05) is 0 Å². The Hall–Kier alpha value is -1.28. The molecule has 2 aromatic rings. The summed E-state index contributed by atoms with van der Waals surface area (Å²) in [5.74, 6) is 0. The van der Waals surface area contributed by atoms with E-state index in [-0.39, 0.29) is 18.0 Å². The van der Waals surface area contributed by atoms with Gasteiger partial charge in [-0.05, 0) is 52.2 Å². The van der Waals surface area contributed by atoms with E-state index in [0.717, 1.165) is 5.56 Å². The largest absolute Gasteiger partial charge is 0.392 e. The van der Waals surface area contributed by atoms with Crippen molar-refractivity contribution in [2.24, 2.45) is 0 Å². The molecule has 0 aliphatic heterocycles. The number of pyridine rings is 1. The second kappa shape index (κ2) is 6.65. The Balaban J connectivity index is 2.21. The molecule has 0 unspecified atom stereocenters. The van der Waals surface area contributed by atoms with E-state index in [9.17, 15) is 8.42 Å². The van der Waals surface area contributed by atoms with Gasteiger partial charge in [0.25, 0.3) is 0 Å². The number of hydrogen-bond donors (Lipinski definition) is 2. The van der Waals surface area contributed by atoms with Crippen LogP contribution in [0.4, 0.5) is 0 Å². The van der Waals surface area contributed by atoms with Crippen LogP contribution < -0.4 is 4.72 Å². The van der Waals surface area contributed by atoms with Crippen molar-refractivity contribution in [3.63, 3.8) is 0 Å². The smallest absolute Gasteiger partial charge is 0.242 e. The highest BCUT2D eigenvalue weighted by atomic mass is 79.9. The highest BCUT2D eigenvalue weighted by molar-refractivity contribution is 9.10. The van der Waals surface area contributed by atoms with E-state index in [2.05, 4.69) is 25.6 Å². The quantitative estimate of drug-likeness (QED) is 0.844. The monoisotopic (exact) mass is 370 g/mol. The maximum absolute atomic E-state index is 12.3. The van der Waals surface area contributed by atoms with Crippen molar-refractivity contribution in [1.29, 1.82) is 0 Å². The number of aliphatic hydroxyl groups excluding tert-OH is 1. The van der Waals surface area contributed by atoms with Crippen molar-refractivity contribution < 1.29 is 13.5 Å². The number of aryl methyl sites for hydroxylation is 1. The van der Waals surface area contributed by atoms with E-state index < -0.39 is 10.0 Å². The molecule has 5 nitrogen and oxygen atoms in total. The fourth-order valence-electron chi connectivity index (χ4n) is 1.81. The SMILES string of the molecule is Cc1cccnc1CNS(=O)(=O)c1ccc(CO)cc1Br. The third kappa shape index (κ3) is 3.88. The van der Waals surface area contributed by atoms with Crippen LogP contribution in [0, 0.1) is 6.92 Å². The van der Waals surface area contributed by atoms with Crippen molar-refractivity contribution in [2.45, 2.75) is 25.0 Å². The summed E-state index contributed by atoms with van der Waals surface area (Å²) in [4.78, 5) is 4.29. The van der Waals surface area contributed by atoms with Crippen molar-refractivity contribution in [3.05, 3.63) is 57.8 Å². The molecular formula is C14H15BrN2O3S. The van der Waals surface area contributed by atoms with Crippen molar-refractivity contribution in [1.82, 2.24) is 9.71 Å². The van der Waals surface area contributed by atoms with Gasteiger partial charge in [0.1, 0.15) is 0 Å². The molecule has 1 aromatic carbocycles. The summed E-state index contributed by atoms with van der Waals surface area (Å²) in [5.41, 5.74) is 2.25. The standard InChI is InChI=1S/C14H15BrN2O3S/c1-10-3-2-6-16-13(10)8-17-21(19,20)14-5-4-11(9-18)7-12(14)15/h2-7,17-18H,8-9H2,1H3. The fourth-order valence-corrected chi connectivity index (χ4v) is 3.92. The summed E-state index contributed by atoms with van der Waals surface area (Å²) >= 11 is 3.22. The van der Waals surface area contributed by atoms with Gasteiger partial charge in [-0.1, -0.05) is 12.1 Å². The number of aromatic nitrogens is 1. The molecule has 0 amide bonds. The minimum Gasteiger partial charge on any atom is -0.392 e. The predicted molar refractivity (Wildman–Crippen MR) is 83.1 cm³/mol. The molecule has 0 saturated carbocycles. The van der Waals surface area contributed by atoms with E-state index in [0.29, 0.717) is 15.7 Å². The van der Waals surface area contributed by atoms with E-state index in [1.165, 1.54) is 6.07 Å². The number of sulfonamides is 1. The molecule has 7 heteroatoms. The maximum atomic E-state index is 12.3. The molecule has 0 aliphatic carbocycles. The lowest BCUT2D eigenvalue weighted by Crippen LogP contribution is -2.24. The highest BCUT2D eigenvalue weighted by Gasteiger charge is 2.18. The normalized spacial score (nSPS) is 11.6. The number of halogens is 1. The van der Waals surface area contributed by atoms with Crippen LogP contribution in [-0.2, 0) is 23.2 Å². The Labute approximate surface area is 132 Å². The third-order valence-electron chi connectivity index (χ3n) is 3.02. The molecule has 0 radical (unpaired) electrons. The van der Waals surface area contributed by atoms with Gasteiger partial charge in [0.15, 0.2) is 0 Å². The van der Waals surface area contributed by atoms with Gasteiger partial charge in [-0.15, -0.1) is 0 Å². The molecular weight excluding hydrogens is 356 g/mol. The van der Waals surface area contributed by atoms with Crippen LogP contribution in [0.15, 0.2) is 45.9 Å². The molecule has 2 N–H and O–H groups in total. The van der Waals surface area contributed by atoms with Crippen LogP contribution in [0.2, 0.25) is 0 Å². The summed E-state index contributed by atoms with van der Waals surface area (Å²) in [6.45, 7) is 1.87. The zero-order valence-corrected chi connectivity index (χ0v) is 13.8. The third-order valence-corrected chi connectivity index (χ3v) is 5.39. The van der Waals surface area contributed by atoms with Gasteiger partial charge in [-0.25, -0.2) is 13.1 Å². The van der Waals surface area contributed by atoms with Crippen LogP contribution in [0.5, 0.6) is 0 Å². The second-order valence-corrected chi connectivity index (χ2v) is 7.10. The average molecular weight is 371 g/mol. The minimum absolute atomic E-state index is 0.128. The summed E-state index contributed by atoms with van der Waals surface area (Å²) in [5, 5.41) is 9.04. The lowest BCUT2D eigenvalue weighted by atomic mass is 10.2. The Morgan fingerprint density at radius 3 is 2.71 bits per heavy atom. The Kier molecular flexibility index (Phi) is 5.10. The second-order valence-electron chi connectivity index (χ2n) is 4.51. The Morgan fingerprint density at radius 2 is 2.10 bits per heavy atom. The van der Waals surface area contributed by atoms with Gasteiger partial charge in [0.2, 0.25) is 10.0 Å². The number of aliphatic hydroxyl groups is 1. The number of benzene rings is 1. The number of rotatable bonds is 5. The first-order valence-corrected chi connectivity index (χ1v) is 8.51. The van der Waals surface area contributed by atoms with Crippen LogP contribution >= 0.6 is 15.9 Å². The molecule has 1 aromatic heterocycles. The first kappa shape index (κ1) is 16.1. The molecule has 0 atom stereocenters. The fraction of sp³-hybridized carbons (Fsp3) is 0.214. The van der Waals surface area contributed by atoms with Gasteiger partial charge < -0.3 is 5.11 Å². The van der Waals surface area contributed by atoms with Gasteiger partial charge in [-0.2, -0.15) is 0 Å². The molecule has 21 heavy (non-hydrogen) atoms. The zero-order valence-electron chi connectivity index (χ0n) is 11.4. The minimum atomic E-state index is -3.65. The molecule has 0 saturated heterocycles. The molecule has 0 fully saturated rings. The van der Waals surface area contributed by atoms with E-state index >= 15 is 0 Å². The number of nitrogens with one attached hydrogen (secondary N) is 1. The molecule has 0 bridgehead atoms. The Bertz CT molecular complexity index is 748. The van der Waals surface area contributed by atoms with Crippen LogP contribution in [0.25, 0.3) is 0 Å². The lowest BCUT2D eigenvalue weighted by Gasteiger charge is -2.10. The van der Waals surface area contributed by atoms with E-state index in [1.54, 1.807) is 24.4 Å². The summed E-state index contributed by atoms with van der Waals surface area (Å²) < 4.78 is 27.6. The molecule has 0 aliphatic rings. The average Bonchev–Trinajstić information content (AvgIpc) is 2.46.